The number of benzene rings is 1. The smallest absolute Gasteiger partial charge is 0.417 e. The quantitative estimate of drug-likeness (QED) is 0.772. The molecule has 1 saturated heterocycles. The first kappa shape index (κ1) is 20.8. The third kappa shape index (κ3) is 3.62. The average Bonchev–Trinajstić information content (AvgIpc) is 2.85. The fourth-order valence-corrected chi connectivity index (χ4v) is 2.83. The fraction of sp³-hybridized carbons (Fsp3) is 0.625. The SMILES string of the molecule is C[C@H]1[C@@H](c2ccc(F)c(F)c2OCC(F)(F)CO)CO[C@@]1(C)C(F)(F)F. The monoisotopic (exact) mass is 390 g/mol. The number of aliphatic hydroxyl groups is 1. The number of ether oxygens (including phenoxy) is 2. The molecule has 1 N–H and O–H groups in total. The van der Waals surface area contributed by atoms with Crippen LogP contribution in [0.5, 0.6) is 5.75 Å². The van der Waals surface area contributed by atoms with E-state index in [1.807, 2.05) is 0 Å². The van der Waals surface area contributed by atoms with Gasteiger partial charge in [0.05, 0.1) is 6.61 Å². The number of rotatable bonds is 5. The van der Waals surface area contributed by atoms with Gasteiger partial charge in [0.1, 0.15) is 6.61 Å². The van der Waals surface area contributed by atoms with Gasteiger partial charge in [0.2, 0.25) is 5.82 Å². The summed E-state index contributed by atoms with van der Waals surface area (Å²) in [6.45, 7) is -1.48. The van der Waals surface area contributed by atoms with Crippen molar-refractivity contribution in [3.05, 3.63) is 29.3 Å². The van der Waals surface area contributed by atoms with Gasteiger partial charge in [-0.2, -0.15) is 17.6 Å². The number of alkyl halides is 5. The van der Waals surface area contributed by atoms with Crippen LogP contribution in [0.15, 0.2) is 12.1 Å². The van der Waals surface area contributed by atoms with Gasteiger partial charge in [-0.05, 0) is 13.0 Å². The molecule has 1 aromatic rings. The first-order valence-electron chi connectivity index (χ1n) is 7.64. The van der Waals surface area contributed by atoms with Gasteiger partial charge in [0.15, 0.2) is 23.8 Å². The summed E-state index contributed by atoms with van der Waals surface area (Å²) in [5, 5.41) is 8.53. The highest BCUT2D eigenvalue weighted by Gasteiger charge is 2.61. The Morgan fingerprint density at radius 2 is 1.85 bits per heavy atom. The van der Waals surface area contributed by atoms with Gasteiger partial charge in [-0.25, -0.2) is 13.2 Å². The molecule has 10 heteroatoms. The van der Waals surface area contributed by atoms with E-state index in [0.29, 0.717) is 6.07 Å². The molecule has 1 heterocycles. The van der Waals surface area contributed by atoms with Crippen LogP contribution in [0.25, 0.3) is 0 Å². The molecule has 1 aromatic carbocycles. The Labute approximate surface area is 144 Å². The van der Waals surface area contributed by atoms with Crippen LogP contribution in [0.1, 0.15) is 25.3 Å². The Kier molecular flexibility index (Phi) is 5.49. The minimum absolute atomic E-state index is 0.210. The van der Waals surface area contributed by atoms with Gasteiger partial charge >= 0.3 is 12.1 Å². The number of aliphatic hydroxyl groups excluding tert-OH is 1. The summed E-state index contributed by atoms with van der Waals surface area (Å²) in [5.74, 6) is -9.91. The standard InChI is InChI=1S/C16H17F7O3/c1-8-10(5-26-14(8,2)16(21,22)23)9-3-4-11(17)12(18)13(9)25-7-15(19,20)6-24/h3-4,8,10,24H,5-7H2,1-2H3/t8-,10-,14+/m0/s1. The van der Waals surface area contributed by atoms with Crippen molar-refractivity contribution < 1.29 is 45.3 Å². The van der Waals surface area contributed by atoms with Crippen LogP contribution in [0.3, 0.4) is 0 Å². The summed E-state index contributed by atoms with van der Waals surface area (Å²) in [4.78, 5) is 0. The molecule has 2 rings (SSSR count). The number of halogens is 7. The molecule has 3 atom stereocenters. The molecule has 148 valence electrons. The first-order chi connectivity index (χ1) is 11.8. The molecule has 0 aromatic heterocycles. The third-order valence-electron chi connectivity index (χ3n) is 4.74. The fourth-order valence-electron chi connectivity index (χ4n) is 2.83. The third-order valence-corrected chi connectivity index (χ3v) is 4.74. The summed E-state index contributed by atoms with van der Waals surface area (Å²) < 4.78 is 103. The number of hydrogen-bond acceptors (Lipinski definition) is 3. The lowest BCUT2D eigenvalue weighted by atomic mass is 9.79. The molecule has 0 unspecified atom stereocenters. The van der Waals surface area contributed by atoms with E-state index in [9.17, 15) is 30.7 Å². The van der Waals surface area contributed by atoms with Crippen molar-refractivity contribution in [2.24, 2.45) is 5.92 Å². The zero-order valence-electron chi connectivity index (χ0n) is 13.8. The van der Waals surface area contributed by atoms with Crippen molar-refractivity contribution in [2.45, 2.75) is 37.5 Å². The van der Waals surface area contributed by atoms with Crippen molar-refractivity contribution in [3.8, 4) is 5.75 Å². The summed E-state index contributed by atoms with van der Waals surface area (Å²) >= 11 is 0. The Bertz CT molecular complexity index is 662. The Morgan fingerprint density at radius 3 is 2.35 bits per heavy atom. The molecule has 0 amide bonds. The van der Waals surface area contributed by atoms with Crippen LogP contribution in [-0.2, 0) is 4.74 Å². The van der Waals surface area contributed by atoms with E-state index < -0.39 is 66.7 Å². The van der Waals surface area contributed by atoms with Crippen molar-refractivity contribution in [3.63, 3.8) is 0 Å². The van der Waals surface area contributed by atoms with Crippen molar-refractivity contribution in [1.82, 2.24) is 0 Å². The van der Waals surface area contributed by atoms with E-state index in [-0.39, 0.29) is 5.56 Å². The van der Waals surface area contributed by atoms with Crippen molar-refractivity contribution >= 4 is 0 Å². The van der Waals surface area contributed by atoms with Gasteiger partial charge in [0, 0.05) is 17.4 Å². The number of hydrogen-bond donors (Lipinski definition) is 1. The Balaban J connectivity index is 2.40. The molecule has 1 aliphatic heterocycles. The van der Waals surface area contributed by atoms with Crippen LogP contribution in [0.2, 0.25) is 0 Å². The molecule has 3 nitrogen and oxygen atoms in total. The van der Waals surface area contributed by atoms with E-state index in [0.717, 1.165) is 13.0 Å². The predicted molar refractivity (Wildman–Crippen MR) is 76.2 cm³/mol. The first-order valence-corrected chi connectivity index (χ1v) is 7.64. The minimum atomic E-state index is -4.72. The summed E-state index contributed by atoms with van der Waals surface area (Å²) in [7, 11) is 0. The molecule has 0 saturated carbocycles. The minimum Gasteiger partial charge on any atom is -0.484 e. The lowest BCUT2D eigenvalue weighted by Crippen LogP contribution is -2.46. The van der Waals surface area contributed by atoms with Gasteiger partial charge in [-0.15, -0.1) is 0 Å². The van der Waals surface area contributed by atoms with E-state index >= 15 is 0 Å². The molecule has 0 spiro atoms. The summed E-state index contributed by atoms with van der Waals surface area (Å²) in [5.41, 5.74) is -2.74. The van der Waals surface area contributed by atoms with Crippen LogP contribution in [-0.4, -0.2) is 42.6 Å². The van der Waals surface area contributed by atoms with Gasteiger partial charge in [-0.1, -0.05) is 13.0 Å². The maximum Gasteiger partial charge on any atom is 0.417 e. The molecule has 0 bridgehead atoms. The summed E-state index contributed by atoms with van der Waals surface area (Å²) in [6.07, 6.45) is -4.72. The zero-order chi connectivity index (χ0) is 19.9. The molecule has 1 fully saturated rings. The second kappa shape index (κ2) is 6.88. The van der Waals surface area contributed by atoms with Gasteiger partial charge in [0.25, 0.3) is 0 Å². The molecule has 1 aliphatic rings. The Morgan fingerprint density at radius 1 is 1.23 bits per heavy atom. The van der Waals surface area contributed by atoms with Crippen LogP contribution in [0, 0.1) is 17.6 Å². The van der Waals surface area contributed by atoms with E-state index in [2.05, 4.69) is 4.74 Å². The maximum atomic E-state index is 14.1. The molecule has 0 aliphatic carbocycles. The van der Waals surface area contributed by atoms with Crippen molar-refractivity contribution in [1.29, 1.82) is 0 Å². The van der Waals surface area contributed by atoms with Crippen molar-refractivity contribution in [2.75, 3.05) is 19.8 Å². The Hall–Kier alpha value is -1.55. The zero-order valence-corrected chi connectivity index (χ0v) is 13.8. The topological polar surface area (TPSA) is 38.7 Å². The lowest BCUT2D eigenvalue weighted by Gasteiger charge is -2.32. The molecule has 0 radical (unpaired) electrons. The second-order valence-electron chi connectivity index (χ2n) is 6.39. The normalized spacial score (nSPS) is 27.0. The molecular formula is C16H17F7O3. The van der Waals surface area contributed by atoms with Gasteiger partial charge in [-0.3, -0.25) is 0 Å². The van der Waals surface area contributed by atoms with Gasteiger partial charge < -0.3 is 14.6 Å². The van der Waals surface area contributed by atoms with Crippen LogP contribution < -0.4 is 4.74 Å². The van der Waals surface area contributed by atoms with Crippen LogP contribution >= 0.6 is 0 Å². The summed E-state index contributed by atoms with van der Waals surface area (Å²) in [6, 6.07) is 1.66. The van der Waals surface area contributed by atoms with E-state index in [4.69, 9.17) is 9.84 Å². The maximum absolute atomic E-state index is 14.1. The van der Waals surface area contributed by atoms with E-state index in [1.54, 1.807) is 0 Å². The van der Waals surface area contributed by atoms with E-state index in [1.165, 1.54) is 6.92 Å². The largest absolute Gasteiger partial charge is 0.484 e. The predicted octanol–water partition coefficient (Wildman–Crippen LogP) is 4.04. The molecule has 26 heavy (non-hydrogen) atoms. The second-order valence-corrected chi connectivity index (χ2v) is 6.39. The highest BCUT2D eigenvalue weighted by atomic mass is 19.4. The molecular weight excluding hydrogens is 373 g/mol. The lowest BCUT2D eigenvalue weighted by molar-refractivity contribution is -0.266. The highest BCUT2D eigenvalue weighted by molar-refractivity contribution is 5.40. The van der Waals surface area contributed by atoms with Crippen LogP contribution in [0.4, 0.5) is 30.7 Å². The highest BCUT2D eigenvalue weighted by Crippen LogP contribution is 2.51. The average molecular weight is 390 g/mol.